The van der Waals surface area contributed by atoms with Gasteiger partial charge in [0.1, 0.15) is 11.0 Å². The van der Waals surface area contributed by atoms with Crippen molar-refractivity contribution in [3.8, 4) is 16.8 Å². The molecule has 28 heavy (non-hydrogen) atoms. The number of aromatic nitrogens is 3. The van der Waals surface area contributed by atoms with Gasteiger partial charge in [0.15, 0.2) is 5.16 Å². The van der Waals surface area contributed by atoms with E-state index in [1.807, 2.05) is 67.7 Å². The monoisotopic (exact) mass is 389 g/mol. The van der Waals surface area contributed by atoms with Crippen molar-refractivity contribution in [2.45, 2.75) is 25.9 Å². The molecule has 0 aliphatic heterocycles. The summed E-state index contributed by atoms with van der Waals surface area (Å²) in [6.45, 7) is 6.37. The van der Waals surface area contributed by atoms with E-state index in [-0.39, 0.29) is 5.56 Å². The lowest BCUT2D eigenvalue weighted by molar-refractivity contribution is 0.742. The summed E-state index contributed by atoms with van der Waals surface area (Å²) in [6.07, 6.45) is 1.88. The number of fused-ring (bicyclic) bond motifs is 1. The lowest BCUT2D eigenvalue weighted by Gasteiger charge is -2.15. The van der Waals surface area contributed by atoms with Crippen LogP contribution in [0.2, 0.25) is 0 Å². The van der Waals surface area contributed by atoms with Crippen LogP contribution in [0, 0.1) is 12.8 Å². The molecule has 5 heteroatoms. The quantitative estimate of drug-likeness (QED) is 0.365. The van der Waals surface area contributed by atoms with Crippen LogP contribution >= 0.6 is 11.8 Å². The Morgan fingerprint density at radius 2 is 1.79 bits per heavy atom. The number of aromatic amines is 1. The molecule has 2 heterocycles. The maximum absolute atomic E-state index is 13.5. The summed E-state index contributed by atoms with van der Waals surface area (Å²) in [7, 11) is 0. The van der Waals surface area contributed by atoms with Crippen LogP contribution in [0.25, 0.3) is 27.8 Å². The first kappa shape index (κ1) is 18.6. The molecule has 4 nitrogen and oxygen atoms in total. The molecule has 1 N–H and O–H groups in total. The van der Waals surface area contributed by atoms with E-state index in [1.165, 1.54) is 0 Å². The van der Waals surface area contributed by atoms with Gasteiger partial charge in [0.05, 0.1) is 5.69 Å². The molecule has 4 rings (SSSR count). The van der Waals surface area contributed by atoms with Crippen LogP contribution in [0.5, 0.6) is 0 Å². The fourth-order valence-corrected chi connectivity index (χ4v) is 4.19. The highest BCUT2D eigenvalue weighted by Crippen LogP contribution is 2.29. The zero-order valence-corrected chi connectivity index (χ0v) is 17.1. The molecule has 0 aliphatic rings. The molecule has 0 radical (unpaired) electrons. The number of nitrogens with one attached hydrogen (secondary N) is 1. The van der Waals surface area contributed by atoms with Gasteiger partial charge < -0.3 is 4.98 Å². The predicted octanol–water partition coefficient (Wildman–Crippen LogP) is 5.44. The van der Waals surface area contributed by atoms with Crippen LogP contribution in [0.4, 0.5) is 0 Å². The summed E-state index contributed by atoms with van der Waals surface area (Å²) < 4.78 is 1.75. The average Bonchev–Trinajstić information content (AvgIpc) is 3.12. The molecule has 0 spiro atoms. The van der Waals surface area contributed by atoms with E-state index >= 15 is 0 Å². The first-order chi connectivity index (χ1) is 13.6. The zero-order valence-electron chi connectivity index (χ0n) is 16.3. The normalized spacial score (nSPS) is 11.4. The SMILES string of the molecule is Cc1ccccc1-n1c(SCC(C)C)nc2c(-c3ccccc3)c[nH]c2c1=O. The van der Waals surface area contributed by atoms with Crippen molar-refractivity contribution >= 4 is 22.8 Å². The Kier molecular flexibility index (Phi) is 5.09. The van der Waals surface area contributed by atoms with Gasteiger partial charge in [0.25, 0.3) is 5.56 Å². The van der Waals surface area contributed by atoms with Gasteiger partial charge in [-0.15, -0.1) is 0 Å². The van der Waals surface area contributed by atoms with Crippen LogP contribution in [0.15, 0.2) is 70.7 Å². The Labute approximate surface area is 168 Å². The van der Waals surface area contributed by atoms with Crippen molar-refractivity contribution in [2.24, 2.45) is 5.92 Å². The van der Waals surface area contributed by atoms with Gasteiger partial charge in [-0.1, -0.05) is 74.1 Å². The van der Waals surface area contributed by atoms with Crippen molar-refractivity contribution in [1.82, 2.24) is 14.5 Å². The summed E-state index contributed by atoms with van der Waals surface area (Å²) in [5.74, 6) is 1.40. The highest BCUT2D eigenvalue weighted by atomic mass is 32.2. The lowest BCUT2D eigenvalue weighted by Crippen LogP contribution is -2.22. The molecule has 0 saturated heterocycles. The van der Waals surface area contributed by atoms with Crippen LogP contribution in [0.1, 0.15) is 19.4 Å². The third-order valence-electron chi connectivity index (χ3n) is 4.66. The van der Waals surface area contributed by atoms with E-state index in [9.17, 15) is 4.79 Å². The number of nitrogens with zero attached hydrogens (tertiary/aromatic N) is 2. The smallest absolute Gasteiger partial charge is 0.283 e. The standard InChI is InChI=1S/C23H23N3OS/c1-15(2)14-28-23-25-20-18(17-10-5-4-6-11-17)13-24-21(20)22(27)26(23)19-12-8-7-9-16(19)3/h4-13,15,24H,14H2,1-3H3. The Balaban J connectivity index is 1.98. The van der Waals surface area contributed by atoms with E-state index in [0.29, 0.717) is 11.4 Å². The molecule has 142 valence electrons. The fourth-order valence-electron chi connectivity index (χ4n) is 3.24. The maximum Gasteiger partial charge on any atom is 0.283 e. The van der Waals surface area contributed by atoms with Crippen molar-refractivity contribution < 1.29 is 0 Å². The van der Waals surface area contributed by atoms with E-state index < -0.39 is 0 Å². The second kappa shape index (κ2) is 7.68. The molecule has 0 amide bonds. The van der Waals surface area contributed by atoms with E-state index in [0.717, 1.165) is 38.8 Å². The minimum Gasteiger partial charge on any atom is -0.355 e. The van der Waals surface area contributed by atoms with E-state index in [2.05, 4.69) is 18.8 Å². The molecule has 2 aromatic heterocycles. The van der Waals surface area contributed by atoms with Gasteiger partial charge in [-0.05, 0) is 30.0 Å². The van der Waals surface area contributed by atoms with Gasteiger partial charge in [-0.3, -0.25) is 9.36 Å². The lowest BCUT2D eigenvalue weighted by atomic mass is 10.1. The van der Waals surface area contributed by atoms with Crippen molar-refractivity contribution in [1.29, 1.82) is 0 Å². The summed E-state index contributed by atoms with van der Waals surface area (Å²) >= 11 is 1.63. The first-order valence-electron chi connectivity index (χ1n) is 9.44. The minimum atomic E-state index is -0.0623. The number of hydrogen-bond donors (Lipinski definition) is 1. The third-order valence-corrected chi connectivity index (χ3v) is 6.02. The average molecular weight is 390 g/mol. The fraction of sp³-hybridized carbons (Fsp3) is 0.217. The third kappa shape index (κ3) is 3.38. The van der Waals surface area contributed by atoms with E-state index in [1.54, 1.807) is 16.3 Å². The predicted molar refractivity (Wildman–Crippen MR) is 117 cm³/mol. The van der Waals surface area contributed by atoms with Crippen LogP contribution < -0.4 is 5.56 Å². The second-order valence-corrected chi connectivity index (χ2v) is 8.31. The summed E-state index contributed by atoms with van der Waals surface area (Å²) in [4.78, 5) is 21.6. The number of para-hydroxylation sites is 1. The summed E-state index contributed by atoms with van der Waals surface area (Å²) in [5, 5.41) is 0.734. The summed E-state index contributed by atoms with van der Waals surface area (Å²) in [5.41, 5.74) is 5.14. The number of rotatable bonds is 5. The minimum absolute atomic E-state index is 0.0623. The molecular weight excluding hydrogens is 366 g/mol. The van der Waals surface area contributed by atoms with Crippen molar-refractivity contribution in [3.63, 3.8) is 0 Å². The number of H-pyrrole nitrogens is 1. The molecule has 0 unspecified atom stereocenters. The molecular formula is C23H23N3OS. The highest BCUT2D eigenvalue weighted by molar-refractivity contribution is 7.99. The Morgan fingerprint density at radius 1 is 1.07 bits per heavy atom. The van der Waals surface area contributed by atoms with Crippen molar-refractivity contribution in [3.05, 3.63) is 76.7 Å². The number of hydrogen-bond acceptors (Lipinski definition) is 3. The molecule has 4 aromatic rings. The van der Waals surface area contributed by atoms with Crippen LogP contribution in [-0.2, 0) is 0 Å². The van der Waals surface area contributed by atoms with Crippen molar-refractivity contribution in [2.75, 3.05) is 5.75 Å². The summed E-state index contributed by atoms with van der Waals surface area (Å²) in [6, 6.07) is 18.0. The topological polar surface area (TPSA) is 50.7 Å². The number of benzene rings is 2. The van der Waals surface area contributed by atoms with Crippen LogP contribution in [-0.4, -0.2) is 20.3 Å². The zero-order chi connectivity index (χ0) is 19.7. The molecule has 0 fully saturated rings. The Bertz CT molecular complexity index is 1180. The molecule has 0 atom stereocenters. The maximum atomic E-state index is 13.5. The Hall–Kier alpha value is -2.79. The van der Waals surface area contributed by atoms with Gasteiger partial charge in [-0.25, -0.2) is 4.98 Å². The van der Waals surface area contributed by atoms with Gasteiger partial charge >= 0.3 is 0 Å². The Morgan fingerprint density at radius 3 is 2.50 bits per heavy atom. The molecule has 0 bridgehead atoms. The highest BCUT2D eigenvalue weighted by Gasteiger charge is 2.18. The molecule has 0 aliphatic carbocycles. The number of aryl methyl sites for hydroxylation is 1. The number of thioether (sulfide) groups is 1. The van der Waals surface area contributed by atoms with E-state index in [4.69, 9.17) is 4.98 Å². The molecule has 0 saturated carbocycles. The van der Waals surface area contributed by atoms with Crippen LogP contribution in [0.3, 0.4) is 0 Å². The first-order valence-corrected chi connectivity index (χ1v) is 10.4. The van der Waals surface area contributed by atoms with Gasteiger partial charge in [0, 0.05) is 17.5 Å². The molecule has 2 aromatic carbocycles. The van der Waals surface area contributed by atoms with Gasteiger partial charge in [-0.2, -0.15) is 0 Å². The second-order valence-electron chi connectivity index (χ2n) is 7.32. The van der Waals surface area contributed by atoms with Gasteiger partial charge in [0.2, 0.25) is 0 Å². The largest absolute Gasteiger partial charge is 0.355 e.